The highest BCUT2D eigenvalue weighted by molar-refractivity contribution is 7.90. The molecule has 0 bridgehead atoms. The van der Waals surface area contributed by atoms with E-state index in [9.17, 15) is 13.2 Å². The summed E-state index contributed by atoms with van der Waals surface area (Å²) in [7, 11) is -3.33. The van der Waals surface area contributed by atoms with Crippen LogP contribution in [0.5, 0.6) is 0 Å². The maximum absolute atomic E-state index is 12.2. The number of rotatable bonds is 5. The van der Waals surface area contributed by atoms with E-state index in [0.717, 1.165) is 32.9 Å². The first-order valence-electron chi connectivity index (χ1n) is 9.92. The Morgan fingerprint density at radius 1 is 1.06 bits per heavy atom. The maximum atomic E-state index is 12.2. The van der Waals surface area contributed by atoms with Crippen LogP contribution < -0.4 is 5.73 Å². The SMILES string of the molecule is CS(=O)(=O)c1cccc(Cn2c3cc(-c4ccco4)c[c]c3c3c(C(N)=O)cccc32)c1. The van der Waals surface area contributed by atoms with Crippen LogP contribution in [-0.4, -0.2) is 25.1 Å². The van der Waals surface area contributed by atoms with Gasteiger partial charge < -0.3 is 14.7 Å². The van der Waals surface area contributed by atoms with Crippen LogP contribution in [0.2, 0.25) is 0 Å². The molecule has 2 N–H and O–H groups in total. The van der Waals surface area contributed by atoms with Crippen LogP contribution in [0.1, 0.15) is 15.9 Å². The van der Waals surface area contributed by atoms with Gasteiger partial charge in [-0.15, -0.1) is 0 Å². The Balaban J connectivity index is 1.78. The number of amides is 1. The second-order valence-corrected chi connectivity index (χ2v) is 9.71. The summed E-state index contributed by atoms with van der Waals surface area (Å²) in [5.41, 5.74) is 9.40. The molecule has 1 amide bonds. The molecule has 5 aromatic rings. The predicted molar refractivity (Wildman–Crippen MR) is 123 cm³/mol. The first kappa shape index (κ1) is 20.1. The fourth-order valence-electron chi connectivity index (χ4n) is 4.07. The summed E-state index contributed by atoms with van der Waals surface area (Å²) in [6.07, 6.45) is 2.80. The quantitative estimate of drug-likeness (QED) is 0.435. The van der Waals surface area contributed by atoms with Gasteiger partial charge in [0, 0.05) is 34.7 Å². The molecule has 0 unspecified atom stereocenters. The van der Waals surface area contributed by atoms with E-state index >= 15 is 0 Å². The number of primary amides is 1. The molecular formula is C25H19N2O4S. The lowest BCUT2D eigenvalue weighted by atomic mass is 10.0. The highest BCUT2D eigenvalue weighted by Crippen LogP contribution is 2.35. The van der Waals surface area contributed by atoms with Gasteiger partial charge in [0.05, 0.1) is 22.2 Å². The number of benzene rings is 3. The molecule has 7 heteroatoms. The Morgan fingerprint density at radius 2 is 1.88 bits per heavy atom. The summed E-state index contributed by atoms with van der Waals surface area (Å²) in [5, 5.41) is 1.49. The zero-order chi connectivity index (χ0) is 22.5. The van der Waals surface area contributed by atoms with Crippen LogP contribution in [-0.2, 0) is 16.4 Å². The van der Waals surface area contributed by atoms with Crippen molar-refractivity contribution in [2.24, 2.45) is 5.73 Å². The number of carbonyl (C=O) groups is 1. The Morgan fingerprint density at radius 3 is 2.59 bits per heavy atom. The smallest absolute Gasteiger partial charge is 0.249 e. The van der Waals surface area contributed by atoms with Gasteiger partial charge in [-0.25, -0.2) is 8.42 Å². The van der Waals surface area contributed by atoms with Crippen molar-refractivity contribution in [2.45, 2.75) is 11.4 Å². The van der Waals surface area contributed by atoms with E-state index in [-0.39, 0.29) is 4.90 Å². The van der Waals surface area contributed by atoms with Gasteiger partial charge in [0.15, 0.2) is 9.84 Å². The molecule has 6 nitrogen and oxygen atoms in total. The van der Waals surface area contributed by atoms with E-state index in [1.165, 1.54) is 6.26 Å². The second-order valence-electron chi connectivity index (χ2n) is 7.70. The molecule has 2 heterocycles. The van der Waals surface area contributed by atoms with Crippen LogP contribution >= 0.6 is 0 Å². The average molecular weight is 444 g/mol. The zero-order valence-electron chi connectivity index (χ0n) is 17.2. The van der Waals surface area contributed by atoms with Crippen molar-refractivity contribution in [2.75, 3.05) is 6.26 Å². The average Bonchev–Trinajstić information content (AvgIpc) is 3.40. The molecule has 0 fully saturated rings. The normalized spacial score (nSPS) is 11.9. The van der Waals surface area contributed by atoms with Crippen LogP contribution in [0.15, 0.2) is 82.3 Å². The predicted octanol–water partition coefficient (Wildman–Crippen LogP) is 4.41. The molecule has 0 aliphatic carbocycles. The largest absolute Gasteiger partial charge is 0.464 e. The molecule has 0 atom stereocenters. The number of aromatic nitrogens is 1. The van der Waals surface area contributed by atoms with Crippen LogP contribution in [0.3, 0.4) is 0 Å². The van der Waals surface area contributed by atoms with E-state index in [4.69, 9.17) is 10.2 Å². The number of sulfone groups is 1. The topological polar surface area (TPSA) is 95.3 Å². The molecule has 5 rings (SSSR count). The molecule has 0 aliphatic rings. The van der Waals surface area contributed by atoms with Gasteiger partial charge in [-0.1, -0.05) is 18.2 Å². The van der Waals surface area contributed by atoms with Crippen molar-refractivity contribution < 1.29 is 17.6 Å². The summed E-state index contributed by atoms with van der Waals surface area (Å²) in [5.74, 6) is 0.186. The second kappa shape index (κ2) is 7.39. The standard InChI is InChI=1S/C25H19N2O4S/c1-32(29,30)18-6-2-5-16(13-18)15-27-21-8-3-7-20(25(26)28)24(21)19-11-10-17(14-22(19)27)23-9-4-12-31-23/h2-10,12-14H,15H2,1H3,(H2,26,28). The molecule has 0 saturated heterocycles. The van der Waals surface area contributed by atoms with E-state index in [1.54, 1.807) is 36.6 Å². The number of furan rings is 1. The van der Waals surface area contributed by atoms with Gasteiger partial charge in [-0.2, -0.15) is 0 Å². The van der Waals surface area contributed by atoms with Crippen LogP contribution in [0.4, 0.5) is 0 Å². The summed E-state index contributed by atoms with van der Waals surface area (Å²) in [6, 6.07) is 23.1. The van der Waals surface area contributed by atoms with Gasteiger partial charge in [-0.05, 0) is 60.2 Å². The van der Waals surface area contributed by atoms with Crippen LogP contribution in [0, 0.1) is 6.07 Å². The lowest BCUT2D eigenvalue weighted by Gasteiger charge is -2.10. The number of nitrogens with zero attached hydrogens (tertiary/aromatic N) is 1. The van der Waals surface area contributed by atoms with Gasteiger partial charge in [0.1, 0.15) is 5.76 Å². The number of hydrogen-bond acceptors (Lipinski definition) is 4. The fourth-order valence-corrected chi connectivity index (χ4v) is 4.76. The lowest BCUT2D eigenvalue weighted by Crippen LogP contribution is -2.11. The summed E-state index contributed by atoms with van der Waals surface area (Å²) >= 11 is 0. The van der Waals surface area contributed by atoms with Crippen molar-refractivity contribution in [1.82, 2.24) is 4.57 Å². The van der Waals surface area contributed by atoms with Gasteiger partial charge in [-0.3, -0.25) is 4.79 Å². The highest BCUT2D eigenvalue weighted by Gasteiger charge is 2.18. The minimum atomic E-state index is -3.33. The molecule has 32 heavy (non-hydrogen) atoms. The minimum absolute atomic E-state index is 0.261. The molecule has 3 aromatic carbocycles. The van der Waals surface area contributed by atoms with Crippen molar-refractivity contribution in [3.63, 3.8) is 0 Å². The van der Waals surface area contributed by atoms with E-state index in [2.05, 4.69) is 6.07 Å². The monoisotopic (exact) mass is 443 g/mol. The summed E-state index contributed by atoms with van der Waals surface area (Å²) < 4.78 is 31.7. The van der Waals surface area contributed by atoms with Gasteiger partial charge >= 0.3 is 0 Å². The third-order valence-electron chi connectivity index (χ3n) is 5.53. The molecule has 0 aliphatic heterocycles. The van der Waals surface area contributed by atoms with Crippen LogP contribution in [0.25, 0.3) is 33.1 Å². The fraction of sp³-hybridized carbons (Fsp3) is 0.0800. The molecule has 0 spiro atoms. The molecule has 159 valence electrons. The Kier molecular flexibility index (Phi) is 4.64. The summed E-state index contributed by atoms with van der Waals surface area (Å²) in [6.45, 7) is 0.404. The molecular weight excluding hydrogens is 424 g/mol. The number of carbonyl (C=O) groups excluding carboxylic acids is 1. The van der Waals surface area contributed by atoms with E-state index in [0.29, 0.717) is 17.9 Å². The van der Waals surface area contributed by atoms with Crippen molar-refractivity contribution in [3.05, 3.63) is 90.2 Å². The third kappa shape index (κ3) is 3.36. The first-order valence-corrected chi connectivity index (χ1v) is 11.8. The third-order valence-corrected chi connectivity index (χ3v) is 6.64. The lowest BCUT2D eigenvalue weighted by molar-refractivity contribution is 0.100. The Hall–Kier alpha value is -3.84. The minimum Gasteiger partial charge on any atom is -0.464 e. The molecule has 1 radical (unpaired) electrons. The number of fused-ring (bicyclic) bond motifs is 3. The van der Waals surface area contributed by atoms with Crippen molar-refractivity contribution >= 4 is 37.6 Å². The first-order chi connectivity index (χ1) is 15.3. The zero-order valence-corrected chi connectivity index (χ0v) is 18.0. The van der Waals surface area contributed by atoms with Crippen molar-refractivity contribution in [1.29, 1.82) is 0 Å². The molecule has 2 aromatic heterocycles. The van der Waals surface area contributed by atoms with Crippen molar-refractivity contribution in [3.8, 4) is 11.3 Å². The van der Waals surface area contributed by atoms with E-state index < -0.39 is 15.7 Å². The summed E-state index contributed by atoms with van der Waals surface area (Å²) in [4.78, 5) is 12.4. The number of nitrogens with two attached hydrogens (primary N) is 1. The number of hydrogen-bond donors (Lipinski definition) is 1. The van der Waals surface area contributed by atoms with E-state index in [1.807, 2.05) is 41.0 Å². The highest BCUT2D eigenvalue weighted by atomic mass is 32.2. The Bertz CT molecular complexity index is 1600. The molecule has 0 saturated carbocycles. The Labute approximate surface area is 184 Å². The maximum Gasteiger partial charge on any atom is 0.249 e. The van der Waals surface area contributed by atoms with Gasteiger partial charge in [0.25, 0.3) is 0 Å². The van der Waals surface area contributed by atoms with Gasteiger partial charge in [0.2, 0.25) is 5.91 Å².